The summed E-state index contributed by atoms with van der Waals surface area (Å²) in [6, 6.07) is 7.35. The maximum absolute atomic E-state index is 12.9. The predicted molar refractivity (Wildman–Crippen MR) is 96.4 cm³/mol. The van der Waals surface area contributed by atoms with Gasteiger partial charge in [0.2, 0.25) is 11.8 Å². The van der Waals surface area contributed by atoms with Gasteiger partial charge in [-0.15, -0.1) is 0 Å². The molecule has 1 aromatic carbocycles. The molecule has 0 aromatic heterocycles. The van der Waals surface area contributed by atoms with Crippen molar-refractivity contribution in [2.45, 2.75) is 25.4 Å². The molecule has 0 unspecified atom stereocenters. The Balaban J connectivity index is 2.05. The highest BCUT2D eigenvalue weighted by molar-refractivity contribution is 6.09. The van der Waals surface area contributed by atoms with E-state index in [2.05, 4.69) is 5.32 Å². The molecule has 2 amide bonds. The van der Waals surface area contributed by atoms with E-state index in [9.17, 15) is 14.4 Å². The number of carbonyl (C=O) groups excluding carboxylic acids is 3. The topological polar surface area (TPSA) is 79.0 Å². The van der Waals surface area contributed by atoms with Gasteiger partial charge in [-0.25, -0.2) is 0 Å². The van der Waals surface area contributed by atoms with E-state index in [0.717, 1.165) is 11.3 Å². The number of rotatable bonds is 4. The van der Waals surface area contributed by atoms with Crippen LogP contribution in [0.2, 0.25) is 0 Å². The first kappa shape index (κ1) is 18.4. The van der Waals surface area contributed by atoms with Crippen molar-refractivity contribution in [3.05, 3.63) is 29.8 Å². The first-order valence-electron chi connectivity index (χ1n) is 8.74. The summed E-state index contributed by atoms with van der Waals surface area (Å²) in [6.07, 6.45) is 0. The van der Waals surface area contributed by atoms with Crippen LogP contribution in [0, 0.1) is 11.8 Å². The number of methoxy groups -OCH3 is 1. The molecule has 1 N–H and O–H groups in total. The smallest absolute Gasteiger partial charge is 0.326 e. The first-order valence-corrected chi connectivity index (χ1v) is 8.74. The molecule has 0 spiro atoms. The quantitative estimate of drug-likeness (QED) is 0.637. The Bertz CT molecular complexity index is 746. The molecule has 4 atom stereocenters. The molecule has 2 fully saturated rings. The van der Waals surface area contributed by atoms with E-state index in [-0.39, 0.29) is 11.8 Å². The Labute approximate surface area is 153 Å². The lowest BCUT2D eigenvalue weighted by Crippen LogP contribution is -2.53. The molecular formula is C19H25N3O4. The molecule has 3 rings (SSSR count). The van der Waals surface area contributed by atoms with Crippen LogP contribution in [0.15, 0.2) is 24.3 Å². The number of nitrogens with zero attached hydrogens (tertiary/aromatic N) is 2. The highest BCUT2D eigenvalue weighted by Crippen LogP contribution is 2.49. The summed E-state index contributed by atoms with van der Waals surface area (Å²) in [5.41, 5.74) is 0.668. The van der Waals surface area contributed by atoms with Crippen LogP contribution in [0.4, 0.5) is 5.69 Å². The van der Waals surface area contributed by atoms with Crippen molar-refractivity contribution in [1.82, 2.24) is 10.2 Å². The Morgan fingerprint density at radius 1 is 1.23 bits per heavy atom. The number of likely N-dealkylation sites (tertiary alicyclic amines) is 1. The van der Waals surface area contributed by atoms with Crippen LogP contribution in [0.5, 0.6) is 0 Å². The number of carbonyl (C=O) groups is 3. The van der Waals surface area contributed by atoms with Gasteiger partial charge in [0, 0.05) is 32.4 Å². The number of fused-ring (bicyclic) bond motifs is 1. The van der Waals surface area contributed by atoms with Gasteiger partial charge >= 0.3 is 5.97 Å². The normalized spacial score (nSPS) is 30.5. The van der Waals surface area contributed by atoms with Crippen molar-refractivity contribution in [2.75, 3.05) is 32.6 Å². The fourth-order valence-electron chi connectivity index (χ4n) is 4.18. The van der Waals surface area contributed by atoms with Crippen molar-refractivity contribution in [3.8, 4) is 0 Å². The molecule has 2 aliphatic heterocycles. The highest BCUT2D eigenvalue weighted by atomic mass is 16.5. The summed E-state index contributed by atoms with van der Waals surface area (Å²) in [7, 11) is 5.19. The molecule has 2 aliphatic rings. The summed E-state index contributed by atoms with van der Waals surface area (Å²) in [4.78, 5) is 41.4. The van der Waals surface area contributed by atoms with Gasteiger partial charge in [0.05, 0.1) is 18.9 Å². The van der Waals surface area contributed by atoms with Gasteiger partial charge in [-0.2, -0.15) is 0 Å². The molecule has 0 bridgehead atoms. The summed E-state index contributed by atoms with van der Waals surface area (Å²) in [6.45, 7) is 3.71. The van der Waals surface area contributed by atoms with Gasteiger partial charge in [-0.05, 0) is 31.5 Å². The molecule has 1 aromatic rings. The molecule has 140 valence electrons. The second-order valence-electron chi connectivity index (χ2n) is 7.23. The minimum absolute atomic E-state index is 0.232. The second-order valence-corrected chi connectivity index (χ2v) is 7.23. The van der Waals surface area contributed by atoms with Crippen LogP contribution in [-0.4, -0.2) is 56.0 Å². The van der Waals surface area contributed by atoms with Gasteiger partial charge in [-0.1, -0.05) is 12.1 Å². The predicted octanol–water partition coefficient (Wildman–Crippen LogP) is 0.950. The fourth-order valence-corrected chi connectivity index (χ4v) is 4.18. The van der Waals surface area contributed by atoms with E-state index in [1.807, 2.05) is 43.3 Å². The van der Waals surface area contributed by atoms with Crippen molar-refractivity contribution >= 4 is 23.5 Å². The minimum Gasteiger partial charge on any atom is -0.468 e. The molecular weight excluding hydrogens is 334 g/mol. The van der Waals surface area contributed by atoms with E-state index in [0.29, 0.717) is 6.54 Å². The number of hydrogen-bond acceptors (Lipinski definition) is 6. The Hall–Kier alpha value is -2.41. The Morgan fingerprint density at radius 2 is 1.85 bits per heavy atom. The molecule has 0 aliphatic carbocycles. The van der Waals surface area contributed by atoms with Crippen LogP contribution in [-0.2, 0) is 19.1 Å². The third kappa shape index (κ3) is 2.49. The molecule has 7 heteroatoms. The van der Waals surface area contributed by atoms with Gasteiger partial charge in [0.1, 0.15) is 5.54 Å². The molecule has 0 saturated carbocycles. The SMILES string of the molecule is CCN1C(=O)[C@@H]2[C@H](c3ccc(N(C)C)cc3)N[C@](C)(C(=O)OC)[C@H]2C1=O. The van der Waals surface area contributed by atoms with Gasteiger partial charge in [0.15, 0.2) is 0 Å². The highest BCUT2D eigenvalue weighted by Gasteiger charge is 2.66. The number of esters is 1. The fraction of sp³-hybridized carbons (Fsp3) is 0.526. The van der Waals surface area contributed by atoms with Crippen LogP contribution in [0.25, 0.3) is 0 Å². The lowest BCUT2D eigenvalue weighted by atomic mass is 9.80. The zero-order valence-corrected chi connectivity index (χ0v) is 15.8. The van der Waals surface area contributed by atoms with Gasteiger partial charge < -0.3 is 9.64 Å². The standard InChI is InChI=1S/C19H25N3O4/c1-6-22-16(23)13-14(17(22)24)19(2,18(25)26-5)20-15(13)11-7-9-12(10-8-11)21(3)4/h7-10,13-15,20H,6H2,1-5H3/t13-,14+,15-,19-/m0/s1. The van der Waals surface area contributed by atoms with Crippen LogP contribution >= 0.6 is 0 Å². The lowest BCUT2D eigenvalue weighted by molar-refractivity contribution is -0.153. The van der Waals surface area contributed by atoms with Crippen LogP contribution in [0.3, 0.4) is 0 Å². The van der Waals surface area contributed by atoms with E-state index >= 15 is 0 Å². The van der Waals surface area contributed by atoms with E-state index in [1.54, 1.807) is 13.8 Å². The van der Waals surface area contributed by atoms with Crippen molar-refractivity contribution in [1.29, 1.82) is 0 Å². The maximum atomic E-state index is 12.9. The third-order valence-corrected chi connectivity index (χ3v) is 5.57. The molecule has 2 saturated heterocycles. The average molecular weight is 359 g/mol. The zero-order valence-electron chi connectivity index (χ0n) is 15.8. The molecule has 0 radical (unpaired) electrons. The van der Waals surface area contributed by atoms with E-state index < -0.39 is 29.4 Å². The summed E-state index contributed by atoms with van der Waals surface area (Å²) >= 11 is 0. The number of imide groups is 1. The van der Waals surface area contributed by atoms with E-state index in [4.69, 9.17) is 4.74 Å². The van der Waals surface area contributed by atoms with Crippen molar-refractivity contribution in [2.24, 2.45) is 11.8 Å². The second kappa shape index (κ2) is 6.39. The number of ether oxygens (including phenoxy) is 1. The number of anilines is 1. The first-order chi connectivity index (χ1) is 12.3. The molecule has 7 nitrogen and oxygen atoms in total. The van der Waals surface area contributed by atoms with Crippen molar-refractivity contribution in [3.63, 3.8) is 0 Å². The van der Waals surface area contributed by atoms with Gasteiger partial charge in [-0.3, -0.25) is 24.6 Å². The lowest BCUT2D eigenvalue weighted by Gasteiger charge is -2.28. The number of hydrogen-bond donors (Lipinski definition) is 1. The molecule has 2 heterocycles. The largest absolute Gasteiger partial charge is 0.468 e. The number of nitrogens with one attached hydrogen (secondary N) is 1. The maximum Gasteiger partial charge on any atom is 0.326 e. The van der Waals surface area contributed by atoms with Crippen LogP contribution < -0.4 is 10.2 Å². The Morgan fingerprint density at radius 3 is 2.35 bits per heavy atom. The number of benzene rings is 1. The summed E-state index contributed by atoms with van der Waals surface area (Å²) in [5.74, 6) is -2.45. The monoisotopic (exact) mass is 359 g/mol. The van der Waals surface area contributed by atoms with E-state index in [1.165, 1.54) is 12.0 Å². The average Bonchev–Trinajstić information content (AvgIpc) is 3.08. The zero-order chi connectivity index (χ0) is 19.2. The van der Waals surface area contributed by atoms with Gasteiger partial charge in [0.25, 0.3) is 0 Å². The minimum atomic E-state index is -1.24. The molecule has 26 heavy (non-hydrogen) atoms. The van der Waals surface area contributed by atoms with Crippen LogP contribution in [0.1, 0.15) is 25.5 Å². The van der Waals surface area contributed by atoms with Crippen molar-refractivity contribution < 1.29 is 19.1 Å². The number of amides is 2. The summed E-state index contributed by atoms with van der Waals surface area (Å²) in [5, 5.41) is 3.23. The summed E-state index contributed by atoms with van der Waals surface area (Å²) < 4.78 is 4.94. The third-order valence-electron chi connectivity index (χ3n) is 5.57. The Kier molecular flexibility index (Phi) is 4.52.